The maximum absolute atomic E-state index is 5.42. The lowest BCUT2D eigenvalue weighted by atomic mass is 10.1. The van der Waals surface area contributed by atoms with Crippen LogP contribution in [0.15, 0.2) is 0 Å². The molecule has 0 radical (unpaired) electrons. The Bertz CT molecular complexity index is 70.2. The van der Waals surface area contributed by atoms with E-state index in [-0.39, 0.29) is 1.43 Å². The van der Waals surface area contributed by atoms with Crippen molar-refractivity contribution in [2.45, 2.75) is 33.1 Å². The van der Waals surface area contributed by atoms with E-state index in [2.05, 4.69) is 4.90 Å². The summed E-state index contributed by atoms with van der Waals surface area (Å²) in [6.45, 7) is 8.47. The molecule has 1 saturated heterocycles. The molecule has 1 heterocycles. The maximum Gasteiger partial charge on any atom is 0.0105 e. The predicted octanol–water partition coefficient (Wildman–Crippen LogP) is 1.70. The van der Waals surface area contributed by atoms with Crippen molar-refractivity contribution in [1.82, 2.24) is 4.90 Å². The lowest BCUT2D eigenvalue weighted by molar-refractivity contribution is 0.235. The van der Waals surface area contributed by atoms with E-state index in [1.54, 1.807) is 0 Å². The van der Waals surface area contributed by atoms with Crippen molar-refractivity contribution in [3.8, 4) is 0 Å². The molecule has 2 nitrogen and oxygen atoms in total. The number of nitrogens with zero attached hydrogens (tertiary/aromatic N) is 1. The third-order valence-corrected chi connectivity index (χ3v) is 1.89. The average molecular weight is 160 g/mol. The van der Waals surface area contributed by atoms with Crippen molar-refractivity contribution in [3.05, 3.63) is 0 Å². The van der Waals surface area contributed by atoms with Gasteiger partial charge in [-0.3, -0.25) is 0 Å². The zero-order valence-corrected chi connectivity index (χ0v) is 7.97. The first-order valence-electron chi connectivity index (χ1n) is 4.86. The highest BCUT2D eigenvalue weighted by molar-refractivity contribution is 4.63. The summed E-state index contributed by atoms with van der Waals surface area (Å²) in [5.41, 5.74) is 5.42. The van der Waals surface area contributed by atoms with Crippen LogP contribution in [0.4, 0.5) is 0 Å². The Morgan fingerprint density at radius 2 is 1.73 bits per heavy atom. The molecule has 0 atom stereocenters. The van der Waals surface area contributed by atoms with Gasteiger partial charge in [-0.15, -0.1) is 0 Å². The smallest absolute Gasteiger partial charge is 0.0105 e. The summed E-state index contributed by atoms with van der Waals surface area (Å²) in [6, 6.07) is 0. The van der Waals surface area contributed by atoms with Gasteiger partial charge < -0.3 is 10.6 Å². The number of nitrogens with two attached hydrogens (primary N) is 1. The first-order chi connectivity index (χ1) is 5.43. The minimum atomic E-state index is 0. The Kier molecular flexibility index (Phi) is 7.96. The Balaban J connectivity index is 0. The first-order valence-corrected chi connectivity index (χ1v) is 4.86. The molecule has 1 aliphatic heterocycles. The quantitative estimate of drug-likeness (QED) is 0.666. The summed E-state index contributed by atoms with van der Waals surface area (Å²) in [5.74, 6) is 0. The van der Waals surface area contributed by atoms with Gasteiger partial charge in [0.1, 0.15) is 0 Å². The van der Waals surface area contributed by atoms with Gasteiger partial charge in [0, 0.05) is 14.5 Å². The van der Waals surface area contributed by atoms with Crippen LogP contribution in [-0.4, -0.2) is 31.1 Å². The van der Waals surface area contributed by atoms with Gasteiger partial charge in [0.25, 0.3) is 0 Å². The molecule has 11 heavy (non-hydrogen) atoms. The van der Waals surface area contributed by atoms with E-state index in [1.807, 2.05) is 13.8 Å². The molecule has 0 aliphatic carbocycles. The van der Waals surface area contributed by atoms with Crippen LogP contribution in [0.2, 0.25) is 0 Å². The third kappa shape index (κ3) is 5.22. The third-order valence-electron chi connectivity index (χ3n) is 1.89. The van der Waals surface area contributed by atoms with Crippen LogP contribution in [0.3, 0.4) is 0 Å². The monoisotopic (exact) mass is 160 g/mol. The fourth-order valence-corrected chi connectivity index (χ4v) is 1.37. The highest BCUT2D eigenvalue weighted by Crippen LogP contribution is 2.06. The summed E-state index contributed by atoms with van der Waals surface area (Å²) in [6.07, 6.45) is 4.17. The summed E-state index contributed by atoms with van der Waals surface area (Å²) < 4.78 is 0. The fraction of sp³-hybridized carbons (Fsp3) is 1.00. The molecule has 0 aromatic rings. The van der Waals surface area contributed by atoms with E-state index >= 15 is 0 Å². The summed E-state index contributed by atoms with van der Waals surface area (Å²) in [5, 5.41) is 0. The minimum absolute atomic E-state index is 0. The first kappa shape index (κ1) is 10.9. The van der Waals surface area contributed by atoms with E-state index in [1.165, 1.54) is 32.4 Å². The average Bonchev–Trinajstić information content (AvgIpc) is 2.11. The van der Waals surface area contributed by atoms with Crippen molar-refractivity contribution < 1.29 is 1.43 Å². The van der Waals surface area contributed by atoms with E-state index in [4.69, 9.17) is 5.73 Å². The molecule has 70 valence electrons. The van der Waals surface area contributed by atoms with Gasteiger partial charge in [-0.2, -0.15) is 0 Å². The van der Waals surface area contributed by atoms with Crippen molar-refractivity contribution in [1.29, 1.82) is 0 Å². The molecule has 0 spiro atoms. The predicted molar refractivity (Wildman–Crippen MR) is 52.8 cm³/mol. The van der Waals surface area contributed by atoms with Gasteiger partial charge in [-0.25, -0.2) is 0 Å². The molecule has 0 bridgehead atoms. The van der Waals surface area contributed by atoms with E-state index in [0.29, 0.717) is 0 Å². The molecule has 2 N–H and O–H groups in total. The maximum atomic E-state index is 5.42. The van der Waals surface area contributed by atoms with Gasteiger partial charge in [0.15, 0.2) is 0 Å². The van der Waals surface area contributed by atoms with Gasteiger partial charge in [-0.05, 0) is 25.9 Å². The van der Waals surface area contributed by atoms with Crippen LogP contribution in [0.1, 0.15) is 34.5 Å². The van der Waals surface area contributed by atoms with Crippen LogP contribution in [0.25, 0.3) is 0 Å². The number of likely N-dealkylation sites (tertiary alicyclic amines) is 1. The second-order valence-electron chi connectivity index (χ2n) is 2.69. The van der Waals surface area contributed by atoms with Crippen LogP contribution >= 0.6 is 0 Å². The number of hydrogen-bond acceptors (Lipinski definition) is 2. The molecule has 2 heteroatoms. The number of rotatable bonds is 2. The zero-order valence-electron chi connectivity index (χ0n) is 7.97. The zero-order chi connectivity index (χ0) is 8.53. The molecule has 0 amide bonds. The topological polar surface area (TPSA) is 29.3 Å². The summed E-state index contributed by atoms with van der Waals surface area (Å²) in [4.78, 5) is 2.45. The Morgan fingerprint density at radius 1 is 1.18 bits per heavy atom. The van der Waals surface area contributed by atoms with Crippen molar-refractivity contribution in [2.75, 3.05) is 26.2 Å². The highest BCUT2D eigenvalue weighted by Gasteiger charge is 2.07. The second kappa shape index (κ2) is 8.02. The van der Waals surface area contributed by atoms with Gasteiger partial charge in [0.05, 0.1) is 0 Å². The lowest BCUT2D eigenvalue weighted by Crippen LogP contribution is -2.33. The number of hydrogen-bond donors (Lipinski definition) is 1. The van der Waals surface area contributed by atoms with E-state index in [9.17, 15) is 0 Å². The highest BCUT2D eigenvalue weighted by atomic mass is 15.1. The normalized spacial score (nSPS) is 18.8. The molecule has 1 rings (SSSR count). The Hall–Kier alpha value is -0.0800. The molecular formula is C9H24N2. The summed E-state index contributed by atoms with van der Waals surface area (Å²) in [7, 11) is 0. The van der Waals surface area contributed by atoms with Gasteiger partial charge in [0.2, 0.25) is 0 Å². The largest absolute Gasteiger partial charge is 0.329 e. The van der Waals surface area contributed by atoms with Crippen LogP contribution in [0, 0.1) is 0 Å². The van der Waals surface area contributed by atoms with E-state index in [0.717, 1.165) is 13.1 Å². The van der Waals surface area contributed by atoms with Crippen LogP contribution < -0.4 is 5.73 Å². The van der Waals surface area contributed by atoms with Crippen LogP contribution in [0.5, 0.6) is 0 Å². The SMILES string of the molecule is CC.NCCN1CCCCC1.[HH]. The van der Waals surface area contributed by atoms with E-state index < -0.39 is 0 Å². The standard InChI is InChI=1S/C7H16N2.C2H6.H2/c8-4-7-9-5-2-1-3-6-9;1-2;/h1-8H2;1-2H3;1H. The minimum Gasteiger partial charge on any atom is -0.329 e. The van der Waals surface area contributed by atoms with Crippen molar-refractivity contribution >= 4 is 0 Å². The van der Waals surface area contributed by atoms with Gasteiger partial charge >= 0.3 is 0 Å². The molecule has 1 fully saturated rings. The van der Waals surface area contributed by atoms with Gasteiger partial charge in [-0.1, -0.05) is 20.3 Å². The number of piperidine rings is 1. The van der Waals surface area contributed by atoms with Crippen molar-refractivity contribution in [3.63, 3.8) is 0 Å². The molecule has 0 unspecified atom stereocenters. The molecule has 1 aliphatic rings. The Morgan fingerprint density at radius 3 is 2.18 bits per heavy atom. The van der Waals surface area contributed by atoms with Crippen molar-refractivity contribution in [2.24, 2.45) is 5.73 Å². The molecule has 0 aromatic heterocycles. The second-order valence-corrected chi connectivity index (χ2v) is 2.69. The lowest BCUT2D eigenvalue weighted by Gasteiger charge is -2.25. The fourth-order valence-electron chi connectivity index (χ4n) is 1.37. The molecule has 0 aromatic carbocycles. The summed E-state index contributed by atoms with van der Waals surface area (Å²) >= 11 is 0. The Labute approximate surface area is 72.2 Å². The molecular weight excluding hydrogens is 136 g/mol. The van der Waals surface area contributed by atoms with Crippen LogP contribution in [-0.2, 0) is 0 Å². The molecule has 0 saturated carbocycles.